The SMILES string of the molecule is CC(C[C@H](N)C(=O)O)P(C)(=O)O. The summed E-state index contributed by atoms with van der Waals surface area (Å²) in [5.74, 6) is -1.14. The van der Waals surface area contributed by atoms with Gasteiger partial charge < -0.3 is 15.7 Å². The van der Waals surface area contributed by atoms with Crippen LogP contribution in [0.1, 0.15) is 13.3 Å². The fourth-order valence-electron chi connectivity index (χ4n) is 0.664. The van der Waals surface area contributed by atoms with Crippen molar-refractivity contribution in [2.45, 2.75) is 25.0 Å². The molecule has 0 spiro atoms. The van der Waals surface area contributed by atoms with E-state index in [-0.39, 0.29) is 6.42 Å². The lowest BCUT2D eigenvalue weighted by Gasteiger charge is -2.16. The zero-order valence-corrected chi connectivity index (χ0v) is 7.99. The highest BCUT2D eigenvalue weighted by molar-refractivity contribution is 7.57. The third-order valence-electron chi connectivity index (χ3n) is 1.73. The fourth-order valence-corrected chi connectivity index (χ4v) is 1.28. The summed E-state index contributed by atoms with van der Waals surface area (Å²) in [4.78, 5) is 19.3. The van der Waals surface area contributed by atoms with E-state index in [9.17, 15) is 9.36 Å². The zero-order chi connectivity index (χ0) is 9.94. The van der Waals surface area contributed by atoms with E-state index in [4.69, 9.17) is 15.7 Å². The second-order valence-electron chi connectivity index (χ2n) is 2.97. The molecule has 0 bridgehead atoms. The van der Waals surface area contributed by atoms with Crippen LogP contribution < -0.4 is 5.73 Å². The maximum atomic E-state index is 11.0. The lowest BCUT2D eigenvalue weighted by atomic mass is 10.2. The Bertz CT molecular complexity index is 212. The molecule has 0 aromatic heterocycles. The lowest BCUT2D eigenvalue weighted by molar-refractivity contribution is -0.138. The molecule has 0 saturated heterocycles. The molecule has 0 aliphatic rings. The molecule has 0 radical (unpaired) electrons. The average Bonchev–Trinajstić information content (AvgIpc) is 1.85. The Morgan fingerprint density at radius 1 is 1.67 bits per heavy atom. The van der Waals surface area contributed by atoms with Gasteiger partial charge in [-0.3, -0.25) is 9.36 Å². The van der Waals surface area contributed by atoms with E-state index in [0.29, 0.717) is 0 Å². The van der Waals surface area contributed by atoms with Crippen molar-refractivity contribution < 1.29 is 19.4 Å². The number of rotatable bonds is 4. The highest BCUT2D eigenvalue weighted by atomic mass is 31.2. The Balaban J connectivity index is 4.11. The zero-order valence-electron chi connectivity index (χ0n) is 7.10. The van der Waals surface area contributed by atoms with E-state index < -0.39 is 25.0 Å². The molecule has 4 N–H and O–H groups in total. The van der Waals surface area contributed by atoms with Crippen molar-refractivity contribution in [1.29, 1.82) is 0 Å². The fraction of sp³-hybridized carbons (Fsp3) is 0.833. The van der Waals surface area contributed by atoms with E-state index in [0.717, 1.165) is 0 Å². The predicted molar refractivity (Wildman–Crippen MR) is 45.4 cm³/mol. The molecule has 0 rings (SSSR count). The largest absolute Gasteiger partial charge is 0.480 e. The Hall–Kier alpha value is -0.380. The first kappa shape index (κ1) is 11.6. The van der Waals surface area contributed by atoms with Gasteiger partial charge in [0, 0.05) is 12.3 Å². The summed E-state index contributed by atoms with van der Waals surface area (Å²) >= 11 is 0. The van der Waals surface area contributed by atoms with Gasteiger partial charge in [-0.1, -0.05) is 6.92 Å². The second-order valence-corrected chi connectivity index (χ2v) is 5.74. The van der Waals surface area contributed by atoms with Gasteiger partial charge in [0.2, 0.25) is 0 Å². The summed E-state index contributed by atoms with van der Waals surface area (Å²) in [6, 6.07) is -1.06. The van der Waals surface area contributed by atoms with E-state index >= 15 is 0 Å². The van der Waals surface area contributed by atoms with Gasteiger partial charge in [0.05, 0.1) is 0 Å². The van der Waals surface area contributed by atoms with Gasteiger partial charge >= 0.3 is 5.97 Å². The van der Waals surface area contributed by atoms with E-state index in [1.807, 2.05) is 0 Å². The van der Waals surface area contributed by atoms with E-state index in [1.165, 1.54) is 13.6 Å². The van der Waals surface area contributed by atoms with E-state index in [1.54, 1.807) is 0 Å². The molecular formula is C6H14NO4P. The quantitative estimate of drug-likeness (QED) is 0.551. The van der Waals surface area contributed by atoms with Crippen LogP contribution in [-0.2, 0) is 9.36 Å². The smallest absolute Gasteiger partial charge is 0.320 e. The van der Waals surface area contributed by atoms with Crippen LogP contribution >= 0.6 is 7.37 Å². The van der Waals surface area contributed by atoms with Gasteiger partial charge in [0.15, 0.2) is 7.37 Å². The van der Waals surface area contributed by atoms with Crippen LogP contribution in [0.25, 0.3) is 0 Å². The normalized spacial score (nSPS) is 21.0. The summed E-state index contributed by atoms with van der Waals surface area (Å²) in [5.41, 5.74) is 4.62. The maximum absolute atomic E-state index is 11.0. The van der Waals surface area contributed by atoms with Crippen LogP contribution in [0.15, 0.2) is 0 Å². The maximum Gasteiger partial charge on any atom is 0.320 e. The number of hydrogen-bond donors (Lipinski definition) is 3. The first-order valence-corrected chi connectivity index (χ1v) is 5.71. The molecule has 0 heterocycles. The molecule has 0 amide bonds. The summed E-state index contributed by atoms with van der Waals surface area (Å²) in [6.07, 6.45) is 0.0274. The lowest BCUT2D eigenvalue weighted by Crippen LogP contribution is -2.33. The molecule has 0 saturated carbocycles. The Morgan fingerprint density at radius 3 is 2.33 bits per heavy atom. The van der Waals surface area contributed by atoms with Crippen molar-refractivity contribution in [3.8, 4) is 0 Å². The second kappa shape index (κ2) is 4.03. The minimum absolute atomic E-state index is 0.0274. The molecule has 72 valence electrons. The minimum atomic E-state index is -3.19. The molecule has 6 heteroatoms. The molecule has 0 fully saturated rings. The van der Waals surface area contributed by atoms with Gasteiger partial charge in [-0.2, -0.15) is 0 Å². The van der Waals surface area contributed by atoms with Crippen LogP contribution in [0.5, 0.6) is 0 Å². The van der Waals surface area contributed by atoms with Crippen LogP contribution in [0, 0.1) is 0 Å². The van der Waals surface area contributed by atoms with Crippen molar-refractivity contribution in [3.63, 3.8) is 0 Å². The van der Waals surface area contributed by atoms with Crippen LogP contribution in [0.2, 0.25) is 0 Å². The van der Waals surface area contributed by atoms with Crippen LogP contribution in [0.3, 0.4) is 0 Å². The average molecular weight is 195 g/mol. The first-order valence-electron chi connectivity index (χ1n) is 3.53. The summed E-state index contributed by atoms with van der Waals surface area (Å²) in [5, 5.41) is 8.40. The molecule has 3 atom stereocenters. The molecule has 12 heavy (non-hydrogen) atoms. The monoisotopic (exact) mass is 195 g/mol. The number of carbonyl (C=O) groups is 1. The summed E-state index contributed by atoms with van der Waals surface area (Å²) in [6.45, 7) is 2.72. The van der Waals surface area contributed by atoms with Gasteiger partial charge in [0.1, 0.15) is 6.04 Å². The van der Waals surface area contributed by atoms with Crippen LogP contribution in [0.4, 0.5) is 0 Å². The molecule has 0 aromatic carbocycles. The third-order valence-corrected chi connectivity index (χ3v) is 3.58. The summed E-state index contributed by atoms with van der Waals surface area (Å²) < 4.78 is 11.0. The van der Waals surface area contributed by atoms with Gasteiger partial charge in [-0.15, -0.1) is 0 Å². The highest BCUT2D eigenvalue weighted by Crippen LogP contribution is 2.43. The van der Waals surface area contributed by atoms with Gasteiger partial charge in [-0.25, -0.2) is 0 Å². The number of nitrogens with two attached hydrogens (primary N) is 1. The number of carboxylic acids is 1. The van der Waals surface area contributed by atoms with Crippen molar-refractivity contribution in [2.75, 3.05) is 6.66 Å². The first-order chi connectivity index (χ1) is 5.25. The standard InChI is InChI=1S/C6H14NO4P/c1-4(12(2,10)11)3-5(7)6(8)9/h4-5H,3,7H2,1-2H3,(H,8,9)(H,10,11)/t4?,5-/m0/s1. The molecule has 0 aromatic rings. The van der Waals surface area contributed by atoms with Crippen molar-refractivity contribution in [2.24, 2.45) is 5.73 Å². The van der Waals surface area contributed by atoms with Crippen molar-refractivity contribution in [1.82, 2.24) is 0 Å². The molecule has 0 aliphatic heterocycles. The van der Waals surface area contributed by atoms with Crippen molar-refractivity contribution in [3.05, 3.63) is 0 Å². The molecule has 0 aliphatic carbocycles. The molecule has 2 unspecified atom stereocenters. The molecular weight excluding hydrogens is 181 g/mol. The van der Waals surface area contributed by atoms with Gasteiger partial charge in [-0.05, 0) is 6.42 Å². The number of carboxylic acid groups (broad SMARTS) is 1. The van der Waals surface area contributed by atoms with E-state index in [2.05, 4.69) is 0 Å². The Kier molecular flexibility index (Phi) is 3.90. The predicted octanol–water partition coefficient (Wildman–Crippen LogP) is 0.0771. The number of aliphatic carboxylic acids is 1. The van der Waals surface area contributed by atoms with Crippen molar-refractivity contribution >= 4 is 13.3 Å². The number of hydrogen-bond acceptors (Lipinski definition) is 3. The molecule has 5 nitrogen and oxygen atoms in total. The minimum Gasteiger partial charge on any atom is -0.480 e. The third kappa shape index (κ3) is 3.85. The summed E-state index contributed by atoms with van der Waals surface area (Å²) in [7, 11) is -3.19. The Morgan fingerprint density at radius 2 is 2.08 bits per heavy atom. The topological polar surface area (TPSA) is 101 Å². The van der Waals surface area contributed by atoms with Gasteiger partial charge in [0.25, 0.3) is 0 Å². The highest BCUT2D eigenvalue weighted by Gasteiger charge is 2.25. The Labute approximate surface area is 71.0 Å². The van der Waals surface area contributed by atoms with Crippen LogP contribution in [-0.4, -0.2) is 34.3 Å².